The van der Waals surface area contributed by atoms with Gasteiger partial charge in [-0.1, -0.05) is 23.7 Å². The summed E-state index contributed by atoms with van der Waals surface area (Å²) in [5.74, 6) is -0.322. The maximum atomic E-state index is 12.2. The maximum Gasteiger partial charge on any atom is 0.261 e. The zero-order valence-electron chi connectivity index (χ0n) is 11.6. The minimum Gasteiger partial charge on any atom is -0.345 e. The van der Waals surface area contributed by atoms with Gasteiger partial charge in [-0.05, 0) is 36.8 Å². The third-order valence-corrected chi connectivity index (χ3v) is 4.10. The van der Waals surface area contributed by atoms with E-state index < -0.39 is 0 Å². The Morgan fingerprint density at radius 2 is 1.81 bits per heavy atom. The van der Waals surface area contributed by atoms with Crippen LogP contribution >= 0.6 is 22.9 Å². The Morgan fingerprint density at radius 1 is 1.14 bits per heavy atom. The topological polar surface area (TPSA) is 58.2 Å². The highest BCUT2D eigenvalue weighted by atomic mass is 35.5. The molecule has 2 rings (SSSR count). The van der Waals surface area contributed by atoms with E-state index in [9.17, 15) is 9.59 Å². The van der Waals surface area contributed by atoms with Gasteiger partial charge in [0.15, 0.2) is 0 Å². The Kier molecular flexibility index (Phi) is 4.98. The van der Waals surface area contributed by atoms with Crippen molar-refractivity contribution in [2.24, 2.45) is 0 Å². The highest BCUT2D eigenvalue weighted by Crippen LogP contribution is 2.23. The van der Waals surface area contributed by atoms with Gasteiger partial charge in [0.1, 0.15) is 0 Å². The van der Waals surface area contributed by atoms with Crippen LogP contribution in [0, 0.1) is 0 Å². The van der Waals surface area contributed by atoms with Crippen LogP contribution in [0.2, 0.25) is 5.02 Å². The molecule has 0 unspecified atom stereocenters. The largest absolute Gasteiger partial charge is 0.345 e. The van der Waals surface area contributed by atoms with Crippen molar-refractivity contribution in [1.82, 2.24) is 5.32 Å². The standard InChI is InChI=1S/C15H15ClN2O2S/c1-9(11-3-5-12(16)6-4-11)17-15(20)13-7-8-14(21-13)18-10(2)19/h3-9H,1-2H3,(H,17,20)(H,18,19)/t9-/m0/s1. The lowest BCUT2D eigenvalue weighted by atomic mass is 10.1. The summed E-state index contributed by atoms with van der Waals surface area (Å²) in [5.41, 5.74) is 0.978. The molecule has 6 heteroatoms. The molecule has 1 heterocycles. The van der Waals surface area contributed by atoms with Crippen LogP contribution in [0.5, 0.6) is 0 Å². The van der Waals surface area contributed by atoms with Crippen molar-refractivity contribution in [2.45, 2.75) is 19.9 Å². The summed E-state index contributed by atoms with van der Waals surface area (Å²) in [6.45, 7) is 3.34. The molecule has 0 aliphatic carbocycles. The van der Waals surface area contributed by atoms with E-state index in [0.717, 1.165) is 5.56 Å². The van der Waals surface area contributed by atoms with Crippen LogP contribution in [0.1, 0.15) is 35.1 Å². The van der Waals surface area contributed by atoms with Gasteiger partial charge in [0.25, 0.3) is 5.91 Å². The number of nitrogens with one attached hydrogen (secondary N) is 2. The Bertz CT molecular complexity index is 652. The van der Waals surface area contributed by atoms with Gasteiger partial charge in [-0.3, -0.25) is 9.59 Å². The number of hydrogen-bond donors (Lipinski definition) is 2. The van der Waals surface area contributed by atoms with Gasteiger partial charge < -0.3 is 10.6 Å². The number of anilines is 1. The summed E-state index contributed by atoms with van der Waals surface area (Å²) in [6.07, 6.45) is 0. The van der Waals surface area contributed by atoms with Gasteiger partial charge in [0, 0.05) is 11.9 Å². The zero-order valence-corrected chi connectivity index (χ0v) is 13.2. The lowest BCUT2D eigenvalue weighted by Gasteiger charge is -2.13. The van der Waals surface area contributed by atoms with Gasteiger partial charge in [-0.2, -0.15) is 0 Å². The molecule has 0 radical (unpaired) electrons. The summed E-state index contributed by atoms with van der Waals surface area (Å²) in [7, 11) is 0. The van der Waals surface area contributed by atoms with Crippen molar-refractivity contribution >= 4 is 39.8 Å². The zero-order chi connectivity index (χ0) is 15.4. The SMILES string of the molecule is CC(=O)Nc1ccc(C(=O)N[C@@H](C)c2ccc(Cl)cc2)s1. The van der Waals surface area contributed by atoms with Crippen molar-refractivity contribution in [3.05, 3.63) is 51.9 Å². The molecule has 2 aromatic rings. The fourth-order valence-corrected chi connectivity index (χ4v) is 2.78. The first-order valence-electron chi connectivity index (χ1n) is 6.39. The Hall–Kier alpha value is -1.85. The van der Waals surface area contributed by atoms with Gasteiger partial charge in [-0.25, -0.2) is 0 Å². The van der Waals surface area contributed by atoms with Crippen molar-refractivity contribution in [1.29, 1.82) is 0 Å². The lowest BCUT2D eigenvalue weighted by Crippen LogP contribution is -2.25. The lowest BCUT2D eigenvalue weighted by molar-refractivity contribution is -0.114. The Labute approximate surface area is 132 Å². The van der Waals surface area contributed by atoms with Crippen LogP contribution in [0.3, 0.4) is 0 Å². The molecule has 4 nitrogen and oxygen atoms in total. The van der Waals surface area contributed by atoms with E-state index in [1.54, 1.807) is 24.3 Å². The smallest absolute Gasteiger partial charge is 0.261 e. The quantitative estimate of drug-likeness (QED) is 0.898. The third kappa shape index (κ3) is 4.31. The van der Waals surface area contributed by atoms with Crippen LogP contribution in [-0.4, -0.2) is 11.8 Å². The number of carbonyl (C=O) groups is 2. The number of carbonyl (C=O) groups excluding carboxylic acids is 2. The summed E-state index contributed by atoms with van der Waals surface area (Å²) in [6, 6.07) is 10.6. The van der Waals surface area contributed by atoms with E-state index in [0.29, 0.717) is 14.9 Å². The molecule has 1 aromatic carbocycles. The molecular formula is C15H15ClN2O2S. The monoisotopic (exact) mass is 322 g/mol. The molecule has 0 fully saturated rings. The molecule has 2 amide bonds. The predicted octanol–water partition coefficient (Wildman–Crippen LogP) is 3.85. The first kappa shape index (κ1) is 15.5. The number of hydrogen-bond acceptors (Lipinski definition) is 3. The second-order valence-corrected chi connectivity index (χ2v) is 6.11. The summed E-state index contributed by atoms with van der Waals surface area (Å²) >= 11 is 7.09. The molecule has 1 aromatic heterocycles. The van der Waals surface area contributed by atoms with Crippen molar-refractivity contribution in [3.8, 4) is 0 Å². The van der Waals surface area contributed by atoms with Crippen LogP contribution in [-0.2, 0) is 4.79 Å². The average Bonchev–Trinajstić information content (AvgIpc) is 2.87. The van der Waals surface area contributed by atoms with Crippen molar-refractivity contribution in [2.75, 3.05) is 5.32 Å². The van der Waals surface area contributed by atoms with Gasteiger partial charge in [0.2, 0.25) is 5.91 Å². The normalized spacial score (nSPS) is 11.8. The maximum absolute atomic E-state index is 12.2. The Morgan fingerprint density at radius 3 is 2.43 bits per heavy atom. The second kappa shape index (κ2) is 6.74. The van der Waals surface area contributed by atoms with E-state index in [2.05, 4.69) is 10.6 Å². The molecule has 1 atom stereocenters. The van der Waals surface area contributed by atoms with Crippen LogP contribution in [0.4, 0.5) is 5.00 Å². The molecule has 0 aliphatic rings. The van der Waals surface area contributed by atoms with Crippen LogP contribution in [0.25, 0.3) is 0 Å². The van der Waals surface area contributed by atoms with E-state index >= 15 is 0 Å². The van der Waals surface area contributed by atoms with Crippen molar-refractivity contribution in [3.63, 3.8) is 0 Å². The van der Waals surface area contributed by atoms with Gasteiger partial charge in [-0.15, -0.1) is 11.3 Å². The summed E-state index contributed by atoms with van der Waals surface area (Å²) in [4.78, 5) is 23.7. The van der Waals surface area contributed by atoms with Gasteiger partial charge in [0.05, 0.1) is 15.9 Å². The Balaban J connectivity index is 2.02. The summed E-state index contributed by atoms with van der Waals surface area (Å²) in [5, 5.41) is 6.89. The first-order valence-corrected chi connectivity index (χ1v) is 7.59. The van der Waals surface area contributed by atoms with E-state index in [1.165, 1.54) is 18.3 Å². The third-order valence-electron chi connectivity index (χ3n) is 2.85. The molecular weight excluding hydrogens is 308 g/mol. The molecule has 0 aliphatic heterocycles. The number of amides is 2. The second-order valence-electron chi connectivity index (χ2n) is 4.59. The number of halogens is 1. The molecule has 21 heavy (non-hydrogen) atoms. The fourth-order valence-electron chi connectivity index (χ4n) is 1.80. The van der Waals surface area contributed by atoms with E-state index in [-0.39, 0.29) is 17.9 Å². The summed E-state index contributed by atoms with van der Waals surface area (Å²) < 4.78 is 0. The van der Waals surface area contributed by atoms with Gasteiger partial charge >= 0.3 is 0 Å². The number of benzene rings is 1. The number of rotatable bonds is 4. The van der Waals surface area contributed by atoms with E-state index in [1.807, 2.05) is 19.1 Å². The molecule has 0 saturated heterocycles. The molecule has 0 spiro atoms. The molecule has 0 bridgehead atoms. The van der Waals surface area contributed by atoms with Crippen LogP contribution < -0.4 is 10.6 Å². The minimum atomic E-state index is -0.168. The fraction of sp³-hybridized carbons (Fsp3) is 0.200. The molecule has 2 N–H and O–H groups in total. The highest BCUT2D eigenvalue weighted by molar-refractivity contribution is 7.18. The minimum absolute atomic E-state index is 0.124. The van der Waals surface area contributed by atoms with Crippen molar-refractivity contribution < 1.29 is 9.59 Å². The molecule has 110 valence electrons. The van der Waals surface area contributed by atoms with E-state index in [4.69, 9.17) is 11.6 Å². The average molecular weight is 323 g/mol. The first-order chi connectivity index (χ1) is 9.95. The highest BCUT2D eigenvalue weighted by Gasteiger charge is 2.13. The number of thiophene rings is 1. The predicted molar refractivity (Wildman–Crippen MR) is 86.0 cm³/mol. The molecule has 0 saturated carbocycles. The van der Waals surface area contributed by atoms with Crippen LogP contribution in [0.15, 0.2) is 36.4 Å².